The van der Waals surface area contributed by atoms with Crippen LogP contribution in [0.5, 0.6) is 11.5 Å². The van der Waals surface area contributed by atoms with E-state index in [2.05, 4.69) is 5.32 Å². The van der Waals surface area contributed by atoms with E-state index in [1.165, 1.54) is 0 Å². The lowest BCUT2D eigenvalue weighted by atomic mass is 10.1. The first-order valence-corrected chi connectivity index (χ1v) is 10.1. The van der Waals surface area contributed by atoms with E-state index in [9.17, 15) is 9.59 Å². The Labute approximate surface area is 179 Å². The van der Waals surface area contributed by atoms with Gasteiger partial charge in [-0.1, -0.05) is 23.2 Å². The third-order valence-corrected chi connectivity index (χ3v) is 5.00. The molecule has 0 aliphatic carbocycles. The lowest BCUT2D eigenvalue weighted by Crippen LogP contribution is -2.44. The Hall–Kier alpha value is -2.44. The average molecular weight is 437 g/mol. The first kappa shape index (κ1) is 21.3. The maximum Gasteiger partial charge on any atom is 0.267 e. The van der Waals surface area contributed by atoms with E-state index in [0.717, 1.165) is 0 Å². The summed E-state index contributed by atoms with van der Waals surface area (Å²) >= 11 is 11.9. The van der Waals surface area contributed by atoms with E-state index in [0.29, 0.717) is 58.9 Å². The number of carbonyl (C=O) groups is 2. The summed E-state index contributed by atoms with van der Waals surface area (Å²) in [5, 5.41) is 3.82. The topological polar surface area (TPSA) is 67.9 Å². The van der Waals surface area contributed by atoms with E-state index in [1.807, 2.05) is 6.92 Å². The summed E-state index contributed by atoms with van der Waals surface area (Å²) < 4.78 is 11.3. The van der Waals surface area contributed by atoms with Crippen LogP contribution in [0.2, 0.25) is 10.0 Å². The third-order valence-electron chi connectivity index (χ3n) is 4.47. The highest BCUT2D eigenvalue weighted by Gasteiger charge is 2.30. The molecule has 0 aromatic heterocycles. The number of carbonyl (C=O) groups excluding carboxylic acids is 2. The minimum absolute atomic E-state index is 0.0717. The molecule has 2 amide bonds. The van der Waals surface area contributed by atoms with Crippen molar-refractivity contribution in [2.24, 2.45) is 0 Å². The number of anilines is 2. The molecule has 1 aliphatic heterocycles. The van der Waals surface area contributed by atoms with Crippen molar-refractivity contribution in [2.75, 3.05) is 23.4 Å². The van der Waals surface area contributed by atoms with Crippen molar-refractivity contribution in [3.63, 3.8) is 0 Å². The number of hydrogen-bond acceptors (Lipinski definition) is 4. The molecule has 1 aliphatic rings. The Morgan fingerprint density at radius 1 is 1.24 bits per heavy atom. The van der Waals surface area contributed by atoms with Gasteiger partial charge in [0.2, 0.25) is 5.91 Å². The van der Waals surface area contributed by atoms with Gasteiger partial charge in [0.15, 0.2) is 6.10 Å². The Morgan fingerprint density at radius 3 is 2.76 bits per heavy atom. The van der Waals surface area contributed by atoms with Crippen LogP contribution in [0.4, 0.5) is 11.4 Å². The zero-order chi connectivity index (χ0) is 21.0. The standard InChI is InChI=1S/C21H22Cl2N2O4/c1-3-25-17-8-7-15(12-19(17)29-13(2)21(25)27)24-20(26)5-4-10-28-18-9-6-14(22)11-16(18)23/h6-9,11-13H,3-5,10H2,1-2H3,(H,24,26). The summed E-state index contributed by atoms with van der Waals surface area (Å²) in [7, 11) is 0. The minimum Gasteiger partial charge on any atom is -0.492 e. The number of benzene rings is 2. The van der Waals surface area contributed by atoms with Crippen LogP contribution in [0.1, 0.15) is 26.7 Å². The van der Waals surface area contributed by atoms with Gasteiger partial charge in [-0.3, -0.25) is 9.59 Å². The van der Waals surface area contributed by atoms with Gasteiger partial charge < -0.3 is 19.7 Å². The predicted octanol–water partition coefficient (Wildman–Crippen LogP) is 4.92. The normalized spacial score (nSPS) is 15.5. The van der Waals surface area contributed by atoms with Crippen LogP contribution >= 0.6 is 23.2 Å². The highest BCUT2D eigenvalue weighted by molar-refractivity contribution is 6.35. The number of fused-ring (bicyclic) bond motifs is 1. The van der Waals surface area contributed by atoms with Crippen molar-refractivity contribution in [3.8, 4) is 11.5 Å². The van der Waals surface area contributed by atoms with Crippen molar-refractivity contribution < 1.29 is 19.1 Å². The van der Waals surface area contributed by atoms with Crippen LogP contribution in [0, 0.1) is 0 Å². The van der Waals surface area contributed by atoms with Crippen molar-refractivity contribution in [1.82, 2.24) is 0 Å². The Balaban J connectivity index is 1.52. The van der Waals surface area contributed by atoms with Crippen LogP contribution in [-0.4, -0.2) is 31.1 Å². The second kappa shape index (κ2) is 9.37. The van der Waals surface area contributed by atoms with Gasteiger partial charge in [-0.25, -0.2) is 0 Å². The fourth-order valence-corrected chi connectivity index (χ4v) is 3.51. The molecule has 2 aromatic carbocycles. The molecule has 2 aromatic rings. The quantitative estimate of drug-likeness (QED) is 0.625. The molecule has 29 heavy (non-hydrogen) atoms. The number of nitrogens with zero attached hydrogens (tertiary/aromatic N) is 1. The molecule has 1 N–H and O–H groups in total. The van der Waals surface area contributed by atoms with E-state index in [-0.39, 0.29) is 11.8 Å². The minimum atomic E-state index is -0.551. The number of halogens is 2. The van der Waals surface area contributed by atoms with Gasteiger partial charge in [0.25, 0.3) is 5.91 Å². The second-order valence-electron chi connectivity index (χ2n) is 6.60. The molecule has 0 fully saturated rings. The van der Waals surface area contributed by atoms with Crippen molar-refractivity contribution >= 4 is 46.4 Å². The van der Waals surface area contributed by atoms with Crippen molar-refractivity contribution in [1.29, 1.82) is 0 Å². The zero-order valence-corrected chi connectivity index (χ0v) is 17.7. The molecule has 0 saturated carbocycles. The van der Waals surface area contributed by atoms with Crippen LogP contribution in [-0.2, 0) is 9.59 Å². The molecule has 1 heterocycles. The highest BCUT2D eigenvalue weighted by Crippen LogP contribution is 2.36. The number of rotatable bonds is 7. The van der Waals surface area contributed by atoms with Gasteiger partial charge in [-0.2, -0.15) is 0 Å². The smallest absolute Gasteiger partial charge is 0.267 e. The second-order valence-corrected chi connectivity index (χ2v) is 7.44. The molecular weight excluding hydrogens is 415 g/mol. The molecule has 0 radical (unpaired) electrons. The van der Waals surface area contributed by atoms with E-state index < -0.39 is 6.10 Å². The average Bonchev–Trinajstić information content (AvgIpc) is 2.68. The summed E-state index contributed by atoms with van der Waals surface area (Å²) in [5.74, 6) is 0.908. The third kappa shape index (κ3) is 5.14. The van der Waals surface area contributed by atoms with E-state index >= 15 is 0 Å². The van der Waals surface area contributed by atoms with Gasteiger partial charge in [-0.05, 0) is 50.6 Å². The molecule has 6 nitrogen and oxygen atoms in total. The molecule has 0 spiro atoms. The van der Waals surface area contributed by atoms with E-state index in [1.54, 1.807) is 48.2 Å². The fourth-order valence-electron chi connectivity index (χ4n) is 3.05. The van der Waals surface area contributed by atoms with Crippen molar-refractivity contribution in [2.45, 2.75) is 32.8 Å². The molecule has 154 valence electrons. The molecular formula is C21H22Cl2N2O4. The molecule has 0 saturated heterocycles. The number of hydrogen-bond donors (Lipinski definition) is 1. The van der Waals surface area contributed by atoms with E-state index in [4.69, 9.17) is 32.7 Å². The first-order chi connectivity index (χ1) is 13.9. The van der Waals surface area contributed by atoms with Gasteiger partial charge in [0.05, 0.1) is 17.3 Å². The Kier molecular flexibility index (Phi) is 6.87. The molecule has 0 bridgehead atoms. The fraction of sp³-hybridized carbons (Fsp3) is 0.333. The lowest BCUT2D eigenvalue weighted by Gasteiger charge is -2.32. The SMILES string of the molecule is CCN1C(=O)C(C)Oc2cc(NC(=O)CCCOc3ccc(Cl)cc3Cl)ccc21. The van der Waals surface area contributed by atoms with Crippen molar-refractivity contribution in [3.05, 3.63) is 46.4 Å². The summed E-state index contributed by atoms with van der Waals surface area (Å²) in [4.78, 5) is 26.1. The number of ether oxygens (including phenoxy) is 2. The Morgan fingerprint density at radius 2 is 2.03 bits per heavy atom. The number of nitrogens with one attached hydrogen (secondary N) is 1. The lowest BCUT2D eigenvalue weighted by molar-refractivity contribution is -0.125. The van der Waals surface area contributed by atoms with Crippen LogP contribution in [0.15, 0.2) is 36.4 Å². The highest BCUT2D eigenvalue weighted by atomic mass is 35.5. The van der Waals surface area contributed by atoms with Crippen LogP contribution in [0.25, 0.3) is 0 Å². The zero-order valence-electron chi connectivity index (χ0n) is 16.2. The Bertz CT molecular complexity index is 920. The van der Waals surface area contributed by atoms with Gasteiger partial charge in [-0.15, -0.1) is 0 Å². The van der Waals surface area contributed by atoms with Gasteiger partial charge in [0.1, 0.15) is 11.5 Å². The number of likely N-dealkylation sites (N-methyl/N-ethyl adjacent to an activating group) is 1. The molecule has 3 rings (SSSR count). The summed E-state index contributed by atoms with van der Waals surface area (Å²) in [6, 6.07) is 10.3. The molecule has 1 unspecified atom stereocenters. The summed E-state index contributed by atoms with van der Waals surface area (Å²) in [5.41, 5.74) is 1.33. The molecule has 8 heteroatoms. The maximum absolute atomic E-state index is 12.2. The largest absolute Gasteiger partial charge is 0.492 e. The monoisotopic (exact) mass is 436 g/mol. The molecule has 1 atom stereocenters. The van der Waals surface area contributed by atoms with Crippen LogP contribution < -0.4 is 19.7 Å². The van der Waals surface area contributed by atoms with Gasteiger partial charge in [0, 0.05) is 29.7 Å². The first-order valence-electron chi connectivity index (χ1n) is 9.39. The van der Waals surface area contributed by atoms with Gasteiger partial charge >= 0.3 is 0 Å². The maximum atomic E-state index is 12.2. The summed E-state index contributed by atoms with van der Waals surface area (Å²) in [6.07, 6.45) is 0.269. The summed E-state index contributed by atoms with van der Waals surface area (Å²) in [6.45, 7) is 4.54. The van der Waals surface area contributed by atoms with Crippen LogP contribution in [0.3, 0.4) is 0 Å². The number of amides is 2. The predicted molar refractivity (Wildman–Crippen MR) is 114 cm³/mol.